The van der Waals surface area contributed by atoms with E-state index in [1.807, 2.05) is 47.8 Å². The Balaban J connectivity index is 1.64. The molecule has 1 aromatic heterocycles. The number of carbonyl (C=O) groups excluding carboxylic acids is 3. The van der Waals surface area contributed by atoms with Crippen molar-refractivity contribution in [2.24, 2.45) is 0 Å². The van der Waals surface area contributed by atoms with Crippen LogP contribution in [0.4, 0.5) is 15.3 Å². The summed E-state index contributed by atoms with van der Waals surface area (Å²) in [5.74, 6) is -0.320. The third-order valence-corrected chi connectivity index (χ3v) is 7.01. The van der Waals surface area contributed by atoms with E-state index in [9.17, 15) is 24.5 Å². The smallest absolute Gasteiger partial charge is 0.408 e. The summed E-state index contributed by atoms with van der Waals surface area (Å²) < 4.78 is 10.7. The minimum absolute atomic E-state index is 0.0414. The molecule has 2 aromatic carbocycles. The molecule has 43 heavy (non-hydrogen) atoms. The molecule has 0 spiro atoms. The first kappa shape index (κ1) is 33.1. The molecule has 230 valence electrons. The van der Waals surface area contributed by atoms with Crippen LogP contribution in [0.1, 0.15) is 56.0 Å². The van der Waals surface area contributed by atoms with Gasteiger partial charge in [-0.15, -0.1) is 11.3 Å². The van der Waals surface area contributed by atoms with Crippen LogP contribution in [0.3, 0.4) is 0 Å². The van der Waals surface area contributed by atoms with Gasteiger partial charge in [-0.1, -0.05) is 48.5 Å². The Kier molecular flexibility index (Phi) is 12.5. The molecule has 2 N–H and O–H groups in total. The van der Waals surface area contributed by atoms with Gasteiger partial charge in [0.2, 0.25) is 5.91 Å². The molecule has 0 saturated heterocycles. The number of non-ortho nitro benzene ring substituents is 1. The Bertz CT molecular complexity index is 1330. The van der Waals surface area contributed by atoms with Gasteiger partial charge < -0.3 is 25.0 Å². The second-order valence-corrected chi connectivity index (χ2v) is 11.9. The number of unbranched alkanes of at least 4 members (excludes halogenated alkanes) is 1. The third kappa shape index (κ3) is 12.1. The standard InChI is InChI=1S/C31H38N4O7S/c1-31(2,3)42-30(38)33-27(13-7-8-18-41-29(37)32-20-23-10-5-4-6-11-23)28(36)34(22-26-12-9-19-43-26)21-24-14-16-25(17-15-24)35(39)40/h4-6,9-12,14-17,19,27H,7-8,13,18,20-22H2,1-3H3,(H,32,37)(H,33,38)/t27-/m0/s1. The highest BCUT2D eigenvalue weighted by Crippen LogP contribution is 2.19. The SMILES string of the molecule is CC(C)(C)OC(=O)N[C@@H](CCCCOC(=O)NCc1ccccc1)C(=O)N(Cc1ccc([N+](=O)[O-])cc1)Cc1cccs1. The molecule has 0 fully saturated rings. The number of nitro groups is 1. The van der Waals surface area contributed by atoms with Crippen LogP contribution >= 0.6 is 11.3 Å². The largest absolute Gasteiger partial charge is 0.450 e. The van der Waals surface area contributed by atoms with E-state index < -0.39 is 28.8 Å². The van der Waals surface area contributed by atoms with Gasteiger partial charge in [0.05, 0.1) is 18.1 Å². The van der Waals surface area contributed by atoms with Gasteiger partial charge in [0.25, 0.3) is 5.69 Å². The maximum absolute atomic E-state index is 13.9. The average molecular weight is 611 g/mol. The summed E-state index contributed by atoms with van der Waals surface area (Å²) in [6.07, 6.45) is 0.00481. The van der Waals surface area contributed by atoms with Crippen molar-refractivity contribution in [3.8, 4) is 0 Å². The van der Waals surface area contributed by atoms with Crippen molar-refractivity contribution >= 4 is 35.1 Å². The van der Waals surface area contributed by atoms with E-state index >= 15 is 0 Å². The van der Waals surface area contributed by atoms with Crippen molar-refractivity contribution in [1.82, 2.24) is 15.5 Å². The Morgan fingerprint density at radius 2 is 1.65 bits per heavy atom. The van der Waals surface area contributed by atoms with Gasteiger partial charge in [-0.05, 0) is 62.6 Å². The number of nitro benzene ring substituents is 1. The summed E-state index contributed by atoms with van der Waals surface area (Å²) in [7, 11) is 0. The van der Waals surface area contributed by atoms with Gasteiger partial charge in [0.1, 0.15) is 11.6 Å². The fourth-order valence-electron chi connectivity index (χ4n) is 4.11. The summed E-state index contributed by atoms with van der Waals surface area (Å²) in [6, 6.07) is 18.4. The highest BCUT2D eigenvalue weighted by molar-refractivity contribution is 7.09. The summed E-state index contributed by atoms with van der Waals surface area (Å²) >= 11 is 1.50. The first-order valence-corrected chi connectivity index (χ1v) is 14.9. The maximum atomic E-state index is 13.9. The van der Waals surface area contributed by atoms with Gasteiger partial charge in [0.15, 0.2) is 0 Å². The first-order valence-electron chi connectivity index (χ1n) is 14.0. The summed E-state index contributed by atoms with van der Waals surface area (Å²) in [5.41, 5.74) is 0.866. The molecule has 0 radical (unpaired) electrons. The fourth-order valence-corrected chi connectivity index (χ4v) is 4.83. The number of rotatable bonds is 14. The van der Waals surface area contributed by atoms with Crippen LogP contribution in [0.25, 0.3) is 0 Å². The van der Waals surface area contributed by atoms with E-state index in [2.05, 4.69) is 10.6 Å². The molecule has 0 unspecified atom stereocenters. The van der Waals surface area contributed by atoms with Crippen LogP contribution in [0.15, 0.2) is 72.1 Å². The highest BCUT2D eigenvalue weighted by atomic mass is 32.1. The molecular formula is C31H38N4O7S. The minimum atomic E-state index is -0.903. The van der Waals surface area contributed by atoms with Gasteiger partial charge in [-0.25, -0.2) is 9.59 Å². The predicted octanol–water partition coefficient (Wildman–Crippen LogP) is 6.18. The van der Waals surface area contributed by atoms with Crippen molar-refractivity contribution in [1.29, 1.82) is 0 Å². The van der Waals surface area contributed by atoms with E-state index in [4.69, 9.17) is 9.47 Å². The van der Waals surface area contributed by atoms with E-state index in [-0.39, 0.29) is 31.2 Å². The summed E-state index contributed by atoms with van der Waals surface area (Å²) in [4.78, 5) is 51.8. The monoisotopic (exact) mass is 610 g/mol. The molecule has 0 aliphatic rings. The third-order valence-electron chi connectivity index (χ3n) is 6.15. The van der Waals surface area contributed by atoms with Crippen molar-refractivity contribution < 1.29 is 28.8 Å². The van der Waals surface area contributed by atoms with E-state index in [1.54, 1.807) is 37.8 Å². The zero-order chi connectivity index (χ0) is 31.2. The number of thiophene rings is 1. The number of ether oxygens (including phenoxy) is 2. The number of nitrogens with zero attached hydrogens (tertiary/aromatic N) is 2. The van der Waals surface area contributed by atoms with Gasteiger partial charge in [-0.2, -0.15) is 0 Å². The van der Waals surface area contributed by atoms with E-state index in [1.165, 1.54) is 23.5 Å². The molecule has 0 saturated carbocycles. The van der Waals surface area contributed by atoms with Gasteiger partial charge in [0, 0.05) is 30.1 Å². The molecule has 3 aromatic rings. The molecule has 12 heteroatoms. The van der Waals surface area contributed by atoms with Crippen molar-refractivity contribution in [2.45, 2.75) is 71.3 Å². The number of benzene rings is 2. The Hall–Kier alpha value is -4.45. The van der Waals surface area contributed by atoms with Crippen LogP contribution in [0.5, 0.6) is 0 Å². The Labute approximate surface area is 255 Å². The number of alkyl carbamates (subject to hydrolysis) is 2. The van der Waals surface area contributed by atoms with Crippen LogP contribution in [-0.2, 0) is 33.9 Å². The highest BCUT2D eigenvalue weighted by Gasteiger charge is 2.28. The van der Waals surface area contributed by atoms with Crippen LogP contribution in [-0.4, -0.2) is 46.2 Å². The number of hydrogen-bond donors (Lipinski definition) is 2. The first-order chi connectivity index (χ1) is 20.5. The zero-order valence-electron chi connectivity index (χ0n) is 24.6. The second kappa shape index (κ2) is 16.3. The van der Waals surface area contributed by atoms with Gasteiger partial charge in [-0.3, -0.25) is 14.9 Å². The van der Waals surface area contributed by atoms with Crippen LogP contribution in [0.2, 0.25) is 0 Å². The number of carbonyl (C=O) groups is 3. The molecule has 0 bridgehead atoms. The second-order valence-electron chi connectivity index (χ2n) is 10.9. The predicted molar refractivity (Wildman–Crippen MR) is 163 cm³/mol. The quantitative estimate of drug-likeness (QED) is 0.126. The molecule has 11 nitrogen and oxygen atoms in total. The minimum Gasteiger partial charge on any atom is -0.450 e. The number of hydrogen-bond acceptors (Lipinski definition) is 8. The number of nitrogens with one attached hydrogen (secondary N) is 2. The Morgan fingerprint density at radius 3 is 2.28 bits per heavy atom. The van der Waals surface area contributed by atoms with E-state index in [0.717, 1.165) is 10.4 Å². The summed E-state index contributed by atoms with van der Waals surface area (Å²) in [6.45, 7) is 6.20. The fraction of sp³-hybridized carbons (Fsp3) is 0.387. The maximum Gasteiger partial charge on any atom is 0.408 e. The van der Waals surface area contributed by atoms with Crippen LogP contribution in [0, 0.1) is 10.1 Å². The lowest BCUT2D eigenvalue weighted by atomic mass is 10.1. The van der Waals surface area contributed by atoms with Crippen LogP contribution < -0.4 is 10.6 Å². The average Bonchev–Trinajstić information content (AvgIpc) is 3.47. The normalized spacial score (nSPS) is 11.7. The molecule has 0 aliphatic carbocycles. The zero-order valence-corrected chi connectivity index (χ0v) is 25.4. The van der Waals surface area contributed by atoms with E-state index in [0.29, 0.717) is 31.5 Å². The molecular weight excluding hydrogens is 572 g/mol. The lowest BCUT2D eigenvalue weighted by Gasteiger charge is -2.29. The van der Waals surface area contributed by atoms with Crippen molar-refractivity contribution in [3.63, 3.8) is 0 Å². The van der Waals surface area contributed by atoms with Crippen molar-refractivity contribution in [3.05, 3.63) is 98.2 Å². The molecule has 3 rings (SSSR count). The molecule has 3 amide bonds. The molecule has 1 atom stereocenters. The van der Waals surface area contributed by atoms with Crippen molar-refractivity contribution in [2.75, 3.05) is 6.61 Å². The lowest BCUT2D eigenvalue weighted by Crippen LogP contribution is -2.49. The van der Waals surface area contributed by atoms with Gasteiger partial charge >= 0.3 is 12.2 Å². The number of amides is 3. The summed E-state index contributed by atoms with van der Waals surface area (Å²) in [5, 5.41) is 18.4. The Morgan fingerprint density at radius 1 is 0.930 bits per heavy atom. The topological polar surface area (TPSA) is 140 Å². The lowest BCUT2D eigenvalue weighted by molar-refractivity contribution is -0.384. The molecule has 0 aliphatic heterocycles. The molecule has 1 heterocycles.